The number of rotatable bonds is 6. The Morgan fingerprint density at radius 2 is 2.00 bits per heavy atom. The van der Waals surface area contributed by atoms with Gasteiger partial charge in [-0.15, -0.1) is 11.3 Å². The van der Waals surface area contributed by atoms with Crippen molar-refractivity contribution in [1.82, 2.24) is 9.55 Å². The number of methoxy groups -OCH3 is 1. The van der Waals surface area contributed by atoms with Crippen LogP contribution in [0, 0.1) is 0 Å². The lowest BCUT2D eigenvalue weighted by Crippen LogP contribution is -2.22. The van der Waals surface area contributed by atoms with Crippen LogP contribution >= 0.6 is 23.1 Å². The second-order valence-corrected chi connectivity index (χ2v) is 8.97. The van der Waals surface area contributed by atoms with E-state index in [1.807, 2.05) is 24.3 Å². The summed E-state index contributed by atoms with van der Waals surface area (Å²) in [5.41, 5.74) is 2.17. The van der Waals surface area contributed by atoms with Crippen LogP contribution < -0.4 is 10.3 Å². The molecule has 27 heavy (non-hydrogen) atoms. The van der Waals surface area contributed by atoms with Crippen LogP contribution in [0.4, 0.5) is 0 Å². The highest BCUT2D eigenvalue weighted by Crippen LogP contribution is 2.35. The van der Waals surface area contributed by atoms with E-state index >= 15 is 0 Å². The molecule has 4 rings (SSSR count). The number of benzene rings is 1. The molecule has 2 heterocycles. The molecule has 0 unspecified atom stereocenters. The van der Waals surface area contributed by atoms with Crippen molar-refractivity contribution in [2.24, 2.45) is 0 Å². The van der Waals surface area contributed by atoms with Gasteiger partial charge in [0.15, 0.2) is 5.16 Å². The van der Waals surface area contributed by atoms with Gasteiger partial charge in [0.1, 0.15) is 10.6 Å². The molecule has 2 aromatic heterocycles. The van der Waals surface area contributed by atoms with Crippen LogP contribution in [-0.2, 0) is 12.8 Å². The van der Waals surface area contributed by atoms with E-state index in [1.54, 1.807) is 34.8 Å². The molecule has 0 saturated heterocycles. The van der Waals surface area contributed by atoms with Crippen LogP contribution in [-0.4, -0.2) is 22.4 Å². The minimum atomic E-state index is 0.0727. The summed E-state index contributed by atoms with van der Waals surface area (Å²) in [6, 6.07) is 7.68. The van der Waals surface area contributed by atoms with Gasteiger partial charge in [0.2, 0.25) is 0 Å². The van der Waals surface area contributed by atoms with E-state index in [-0.39, 0.29) is 5.56 Å². The van der Waals surface area contributed by atoms with E-state index < -0.39 is 0 Å². The number of unbranched alkanes of at least 4 members (excludes halogenated alkanes) is 1. The van der Waals surface area contributed by atoms with Crippen molar-refractivity contribution in [1.29, 1.82) is 0 Å². The van der Waals surface area contributed by atoms with Gasteiger partial charge < -0.3 is 4.74 Å². The summed E-state index contributed by atoms with van der Waals surface area (Å²) in [6.07, 6.45) is 6.70. The van der Waals surface area contributed by atoms with Crippen LogP contribution in [0.1, 0.15) is 43.0 Å². The summed E-state index contributed by atoms with van der Waals surface area (Å²) >= 11 is 3.40. The van der Waals surface area contributed by atoms with Gasteiger partial charge in [-0.2, -0.15) is 0 Å². The normalized spacial score (nSPS) is 13.7. The van der Waals surface area contributed by atoms with E-state index in [0.717, 1.165) is 64.7 Å². The highest BCUT2D eigenvalue weighted by Gasteiger charge is 2.22. The van der Waals surface area contributed by atoms with Crippen molar-refractivity contribution in [2.75, 3.05) is 12.9 Å². The van der Waals surface area contributed by atoms with Gasteiger partial charge in [-0.25, -0.2) is 4.98 Å². The molecule has 0 saturated carbocycles. The first-order valence-corrected chi connectivity index (χ1v) is 11.4. The Morgan fingerprint density at radius 3 is 2.74 bits per heavy atom. The summed E-state index contributed by atoms with van der Waals surface area (Å²) in [4.78, 5) is 20.8. The first-order valence-electron chi connectivity index (χ1n) is 9.57. The third kappa shape index (κ3) is 3.52. The average Bonchev–Trinajstić information content (AvgIpc) is 3.07. The number of fused-ring (bicyclic) bond motifs is 3. The SMILES string of the molecule is CCCCSc1nc2sc3c(c2c(=O)n1-c1ccc(OC)cc1)CCCC3. The molecule has 6 heteroatoms. The van der Waals surface area contributed by atoms with Crippen molar-refractivity contribution in [3.8, 4) is 11.4 Å². The van der Waals surface area contributed by atoms with E-state index in [4.69, 9.17) is 9.72 Å². The zero-order valence-electron chi connectivity index (χ0n) is 15.8. The van der Waals surface area contributed by atoms with Crippen LogP contribution in [0.5, 0.6) is 5.75 Å². The fourth-order valence-corrected chi connectivity index (χ4v) is 5.95. The lowest BCUT2D eigenvalue weighted by Gasteiger charge is -2.14. The number of nitrogens with zero attached hydrogens (tertiary/aromatic N) is 2. The standard InChI is InChI=1S/C21H24N2O2S2/c1-3-4-13-26-21-22-19-18(16-7-5-6-8-17(16)27-19)20(24)23(21)14-9-11-15(25-2)12-10-14/h9-12H,3-8,13H2,1-2H3. The number of aromatic nitrogens is 2. The van der Waals surface area contributed by atoms with Gasteiger partial charge in [-0.1, -0.05) is 25.1 Å². The second-order valence-electron chi connectivity index (χ2n) is 6.83. The summed E-state index contributed by atoms with van der Waals surface area (Å²) in [5.74, 6) is 1.75. The van der Waals surface area contributed by atoms with Gasteiger partial charge >= 0.3 is 0 Å². The monoisotopic (exact) mass is 400 g/mol. The lowest BCUT2D eigenvalue weighted by atomic mass is 9.97. The molecule has 4 nitrogen and oxygen atoms in total. The second kappa shape index (κ2) is 8.07. The first kappa shape index (κ1) is 18.6. The minimum Gasteiger partial charge on any atom is -0.497 e. The molecule has 142 valence electrons. The Hall–Kier alpha value is -1.79. The Bertz CT molecular complexity index is 1010. The number of hydrogen-bond donors (Lipinski definition) is 0. The number of ether oxygens (including phenoxy) is 1. The molecular formula is C21H24N2O2S2. The zero-order chi connectivity index (χ0) is 18.8. The maximum atomic E-state index is 13.6. The molecular weight excluding hydrogens is 376 g/mol. The molecule has 0 radical (unpaired) electrons. The minimum absolute atomic E-state index is 0.0727. The Morgan fingerprint density at radius 1 is 1.22 bits per heavy atom. The molecule has 0 N–H and O–H groups in total. The maximum absolute atomic E-state index is 13.6. The van der Waals surface area contributed by atoms with E-state index in [9.17, 15) is 4.79 Å². The van der Waals surface area contributed by atoms with Gasteiger partial charge in [-0.3, -0.25) is 9.36 Å². The molecule has 0 amide bonds. The van der Waals surface area contributed by atoms with Crippen LogP contribution in [0.3, 0.4) is 0 Å². The zero-order valence-corrected chi connectivity index (χ0v) is 17.4. The molecule has 0 aliphatic heterocycles. The topological polar surface area (TPSA) is 44.1 Å². The fourth-order valence-electron chi connectivity index (χ4n) is 3.55. The highest BCUT2D eigenvalue weighted by molar-refractivity contribution is 7.99. The highest BCUT2D eigenvalue weighted by atomic mass is 32.2. The summed E-state index contributed by atoms with van der Waals surface area (Å²) in [5, 5.41) is 1.63. The average molecular weight is 401 g/mol. The fraction of sp³-hybridized carbons (Fsp3) is 0.429. The molecule has 3 aromatic rings. The van der Waals surface area contributed by atoms with Gasteiger partial charge in [0, 0.05) is 10.6 Å². The van der Waals surface area contributed by atoms with Gasteiger partial charge in [0.25, 0.3) is 5.56 Å². The van der Waals surface area contributed by atoms with Crippen molar-refractivity contribution in [2.45, 2.75) is 50.6 Å². The van der Waals surface area contributed by atoms with E-state index in [0.29, 0.717) is 0 Å². The van der Waals surface area contributed by atoms with Crippen molar-refractivity contribution < 1.29 is 4.74 Å². The third-order valence-corrected chi connectivity index (χ3v) is 7.23. The van der Waals surface area contributed by atoms with Gasteiger partial charge in [-0.05, 0) is 61.9 Å². The third-order valence-electron chi connectivity index (χ3n) is 5.02. The largest absolute Gasteiger partial charge is 0.497 e. The number of aryl methyl sites for hydroxylation is 2. The predicted octanol–water partition coefficient (Wildman–Crippen LogP) is 5.23. The Balaban J connectivity index is 1.90. The summed E-state index contributed by atoms with van der Waals surface area (Å²) < 4.78 is 7.07. The maximum Gasteiger partial charge on any atom is 0.267 e. The van der Waals surface area contributed by atoms with Crippen LogP contribution in [0.15, 0.2) is 34.2 Å². The van der Waals surface area contributed by atoms with E-state index in [2.05, 4.69) is 6.92 Å². The molecule has 0 spiro atoms. The molecule has 0 fully saturated rings. The Labute approximate surface area is 167 Å². The molecule has 1 aromatic carbocycles. The van der Waals surface area contributed by atoms with Crippen LogP contribution in [0.25, 0.3) is 15.9 Å². The van der Waals surface area contributed by atoms with E-state index in [1.165, 1.54) is 16.9 Å². The number of thioether (sulfide) groups is 1. The predicted molar refractivity (Wildman–Crippen MR) is 114 cm³/mol. The quantitative estimate of drug-likeness (QED) is 0.323. The summed E-state index contributed by atoms with van der Waals surface area (Å²) in [6.45, 7) is 2.18. The Kier molecular flexibility index (Phi) is 5.55. The van der Waals surface area contributed by atoms with Crippen molar-refractivity contribution in [3.05, 3.63) is 45.1 Å². The first-order chi connectivity index (χ1) is 13.2. The van der Waals surface area contributed by atoms with Crippen LogP contribution in [0.2, 0.25) is 0 Å². The molecule has 0 atom stereocenters. The number of hydrogen-bond acceptors (Lipinski definition) is 5. The molecule has 1 aliphatic carbocycles. The lowest BCUT2D eigenvalue weighted by molar-refractivity contribution is 0.414. The molecule has 0 bridgehead atoms. The smallest absolute Gasteiger partial charge is 0.267 e. The van der Waals surface area contributed by atoms with Crippen molar-refractivity contribution in [3.63, 3.8) is 0 Å². The van der Waals surface area contributed by atoms with Gasteiger partial charge in [0.05, 0.1) is 18.2 Å². The molecule has 1 aliphatic rings. The van der Waals surface area contributed by atoms with Crippen molar-refractivity contribution >= 4 is 33.3 Å². The summed E-state index contributed by atoms with van der Waals surface area (Å²) in [7, 11) is 1.65. The number of thiophene rings is 1.